The van der Waals surface area contributed by atoms with Gasteiger partial charge in [-0.15, -0.1) is 11.8 Å². The van der Waals surface area contributed by atoms with Crippen LogP contribution in [0, 0.1) is 6.92 Å². The van der Waals surface area contributed by atoms with Gasteiger partial charge in [0.25, 0.3) is 5.91 Å². The first kappa shape index (κ1) is 20.8. The SMILES string of the molecule is Cc1nc(CSc2ccccc2C(=O)N(C)Cc2ccc(OC(F)F)cc2)no1. The van der Waals surface area contributed by atoms with Gasteiger partial charge in [0.1, 0.15) is 5.75 Å². The number of hydrogen-bond donors (Lipinski definition) is 0. The Hall–Kier alpha value is -2.94. The smallest absolute Gasteiger partial charge is 0.387 e. The molecule has 0 aliphatic heterocycles. The minimum absolute atomic E-state index is 0.0798. The Morgan fingerprint density at radius 1 is 1.21 bits per heavy atom. The topological polar surface area (TPSA) is 68.5 Å². The third kappa shape index (κ3) is 5.77. The number of amides is 1. The molecule has 0 atom stereocenters. The summed E-state index contributed by atoms with van der Waals surface area (Å²) in [5, 5.41) is 3.86. The van der Waals surface area contributed by atoms with Crippen LogP contribution in [0.1, 0.15) is 27.6 Å². The predicted molar refractivity (Wildman–Crippen MR) is 104 cm³/mol. The molecule has 0 aliphatic rings. The number of alkyl halides is 2. The molecule has 3 rings (SSSR count). The van der Waals surface area contributed by atoms with Crippen molar-refractivity contribution in [2.75, 3.05) is 7.05 Å². The number of halogens is 2. The van der Waals surface area contributed by atoms with Gasteiger partial charge >= 0.3 is 6.61 Å². The first-order valence-corrected chi connectivity index (χ1v) is 9.71. The molecule has 0 saturated carbocycles. The van der Waals surface area contributed by atoms with Crippen molar-refractivity contribution in [2.45, 2.75) is 30.7 Å². The van der Waals surface area contributed by atoms with Crippen molar-refractivity contribution in [2.24, 2.45) is 0 Å². The van der Waals surface area contributed by atoms with Crippen LogP contribution in [-0.2, 0) is 12.3 Å². The van der Waals surface area contributed by atoms with Crippen LogP contribution in [0.4, 0.5) is 8.78 Å². The zero-order valence-corrected chi connectivity index (χ0v) is 16.7. The molecule has 0 bridgehead atoms. The second-order valence-electron chi connectivity index (χ2n) is 6.20. The molecule has 0 N–H and O–H groups in total. The molecule has 29 heavy (non-hydrogen) atoms. The maximum Gasteiger partial charge on any atom is 0.387 e. The molecule has 0 unspecified atom stereocenters. The lowest BCUT2D eigenvalue weighted by atomic mass is 10.1. The number of aryl methyl sites for hydroxylation is 1. The van der Waals surface area contributed by atoms with E-state index in [0.717, 1.165) is 10.5 Å². The van der Waals surface area contributed by atoms with E-state index in [1.807, 2.05) is 12.1 Å². The summed E-state index contributed by atoms with van der Waals surface area (Å²) in [6.45, 7) is -0.813. The lowest BCUT2D eigenvalue weighted by Gasteiger charge is -2.19. The molecule has 0 fully saturated rings. The molecular weight excluding hydrogens is 400 g/mol. The maximum absolute atomic E-state index is 12.9. The molecular formula is C20H19F2N3O3S. The number of benzene rings is 2. The molecule has 9 heteroatoms. The number of hydrogen-bond acceptors (Lipinski definition) is 6. The zero-order valence-electron chi connectivity index (χ0n) is 15.8. The summed E-state index contributed by atoms with van der Waals surface area (Å²) in [6.07, 6.45) is 0. The molecule has 0 saturated heterocycles. The van der Waals surface area contributed by atoms with Crippen LogP contribution in [-0.4, -0.2) is 34.6 Å². The van der Waals surface area contributed by atoms with Crippen LogP contribution < -0.4 is 4.74 Å². The predicted octanol–water partition coefficient (Wildman–Crippen LogP) is 4.54. The highest BCUT2D eigenvalue weighted by molar-refractivity contribution is 7.98. The third-order valence-corrected chi connectivity index (χ3v) is 5.03. The highest BCUT2D eigenvalue weighted by Gasteiger charge is 2.17. The average Bonchev–Trinajstić information content (AvgIpc) is 3.12. The Morgan fingerprint density at radius 3 is 2.59 bits per heavy atom. The van der Waals surface area contributed by atoms with E-state index in [4.69, 9.17) is 4.52 Å². The van der Waals surface area contributed by atoms with Crippen LogP contribution >= 0.6 is 11.8 Å². The molecule has 2 aromatic carbocycles. The van der Waals surface area contributed by atoms with Gasteiger partial charge in [0.05, 0.1) is 11.3 Å². The van der Waals surface area contributed by atoms with E-state index in [1.165, 1.54) is 23.9 Å². The minimum atomic E-state index is -2.87. The number of carbonyl (C=O) groups excluding carboxylic acids is 1. The highest BCUT2D eigenvalue weighted by atomic mass is 32.2. The van der Waals surface area contributed by atoms with Crippen LogP contribution in [0.5, 0.6) is 5.75 Å². The van der Waals surface area contributed by atoms with Crippen molar-refractivity contribution in [3.63, 3.8) is 0 Å². The molecule has 0 spiro atoms. The standard InChI is InChI=1S/C20H19F2N3O3S/c1-13-23-18(24-28-13)12-29-17-6-4-3-5-16(17)19(26)25(2)11-14-7-9-15(10-8-14)27-20(21)22/h3-10,20H,11-12H2,1-2H3. The Balaban J connectivity index is 1.66. The lowest BCUT2D eigenvalue weighted by Crippen LogP contribution is -2.26. The molecule has 0 aliphatic carbocycles. The van der Waals surface area contributed by atoms with Gasteiger partial charge in [0.15, 0.2) is 5.82 Å². The second-order valence-corrected chi connectivity index (χ2v) is 7.22. The summed E-state index contributed by atoms with van der Waals surface area (Å²) in [5.74, 6) is 1.47. The van der Waals surface area contributed by atoms with E-state index in [-0.39, 0.29) is 11.7 Å². The van der Waals surface area contributed by atoms with Crippen molar-refractivity contribution < 1.29 is 22.8 Å². The van der Waals surface area contributed by atoms with Crippen LogP contribution in [0.3, 0.4) is 0 Å². The maximum atomic E-state index is 12.9. The van der Waals surface area contributed by atoms with Gasteiger partial charge in [-0.05, 0) is 29.8 Å². The zero-order chi connectivity index (χ0) is 20.8. The molecule has 152 valence electrons. The first-order valence-electron chi connectivity index (χ1n) is 8.72. The van der Waals surface area contributed by atoms with Gasteiger partial charge in [-0.1, -0.05) is 29.4 Å². The van der Waals surface area contributed by atoms with Crippen molar-refractivity contribution in [3.8, 4) is 5.75 Å². The van der Waals surface area contributed by atoms with Gasteiger partial charge in [0.2, 0.25) is 5.89 Å². The summed E-state index contributed by atoms with van der Waals surface area (Å²) in [4.78, 5) is 19.5. The molecule has 0 radical (unpaired) electrons. The lowest BCUT2D eigenvalue weighted by molar-refractivity contribution is -0.0498. The van der Waals surface area contributed by atoms with Crippen molar-refractivity contribution in [1.82, 2.24) is 15.0 Å². The van der Waals surface area contributed by atoms with Gasteiger partial charge in [0, 0.05) is 25.4 Å². The average molecular weight is 419 g/mol. The fourth-order valence-corrected chi connectivity index (χ4v) is 3.53. The molecule has 3 aromatic rings. The van der Waals surface area contributed by atoms with Gasteiger partial charge in [-0.25, -0.2) is 0 Å². The van der Waals surface area contributed by atoms with Gasteiger partial charge in [-0.2, -0.15) is 13.8 Å². The minimum Gasteiger partial charge on any atom is -0.435 e. The fourth-order valence-electron chi connectivity index (χ4n) is 2.64. The number of carbonyl (C=O) groups is 1. The normalized spacial score (nSPS) is 10.9. The molecule has 6 nitrogen and oxygen atoms in total. The molecule has 1 heterocycles. The van der Waals surface area contributed by atoms with E-state index in [0.29, 0.717) is 29.6 Å². The van der Waals surface area contributed by atoms with Crippen molar-refractivity contribution >= 4 is 17.7 Å². The molecule has 1 amide bonds. The summed E-state index contributed by atoms with van der Waals surface area (Å²) < 4.78 is 33.8. The summed E-state index contributed by atoms with van der Waals surface area (Å²) in [7, 11) is 1.69. The van der Waals surface area contributed by atoms with E-state index in [1.54, 1.807) is 43.1 Å². The second kappa shape index (κ2) is 9.51. The van der Waals surface area contributed by atoms with Gasteiger partial charge < -0.3 is 14.2 Å². The molecule has 1 aromatic heterocycles. The summed E-state index contributed by atoms with van der Waals surface area (Å²) in [5.41, 5.74) is 1.37. The quantitative estimate of drug-likeness (QED) is 0.499. The number of rotatable bonds is 8. The number of aromatic nitrogens is 2. The summed E-state index contributed by atoms with van der Waals surface area (Å²) in [6, 6.07) is 13.5. The van der Waals surface area contributed by atoms with Crippen molar-refractivity contribution in [3.05, 3.63) is 71.4 Å². The highest BCUT2D eigenvalue weighted by Crippen LogP contribution is 2.27. The fraction of sp³-hybridized carbons (Fsp3) is 0.250. The first-order chi connectivity index (χ1) is 13.9. The van der Waals surface area contributed by atoms with E-state index in [9.17, 15) is 13.6 Å². The number of nitrogens with zero attached hydrogens (tertiary/aromatic N) is 3. The Bertz CT molecular complexity index is 964. The Kier molecular flexibility index (Phi) is 6.82. The van der Waals surface area contributed by atoms with Crippen LogP contribution in [0.2, 0.25) is 0 Å². The van der Waals surface area contributed by atoms with Crippen LogP contribution in [0.15, 0.2) is 57.9 Å². The van der Waals surface area contributed by atoms with Crippen LogP contribution in [0.25, 0.3) is 0 Å². The van der Waals surface area contributed by atoms with E-state index in [2.05, 4.69) is 14.9 Å². The third-order valence-electron chi connectivity index (χ3n) is 3.96. The Labute approximate surface area is 170 Å². The van der Waals surface area contributed by atoms with E-state index >= 15 is 0 Å². The van der Waals surface area contributed by atoms with E-state index < -0.39 is 6.61 Å². The van der Waals surface area contributed by atoms with Gasteiger partial charge in [-0.3, -0.25) is 4.79 Å². The number of thioether (sulfide) groups is 1. The van der Waals surface area contributed by atoms with Crippen molar-refractivity contribution in [1.29, 1.82) is 0 Å². The number of ether oxygens (including phenoxy) is 1. The monoisotopic (exact) mass is 419 g/mol. The summed E-state index contributed by atoms with van der Waals surface area (Å²) >= 11 is 1.45. The largest absolute Gasteiger partial charge is 0.435 e. The Morgan fingerprint density at radius 2 is 1.93 bits per heavy atom.